The molecule has 1 saturated carbocycles. The number of nitrogens with one attached hydrogen (secondary N) is 2. The molecule has 21 heavy (non-hydrogen) atoms. The molecule has 0 spiro atoms. The van der Waals surface area contributed by atoms with Crippen molar-refractivity contribution in [2.45, 2.75) is 44.8 Å². The Morgan fingerprint density at radius 1 is 1.48 bits per heavy atom. The Morgan fingerprint density at radius 2 is 2.24 bits per heavy atom. The van der Waals surface area contributed by atoms with Crippen molar-refractivity contribution in [2.24, 2.45) is 0 Å². The highest BCUT2D eigenvalue weighted by Gasteiger charge is 2.17. The van der Waals surface area contributed by atoms with Crippen LogP contribution >= 0.6 is 0 Å². The molecule has 2 rings (SSSR count). The number of carbonyl (C=O) groups is 1. The number of anilines is 1. The summed E-state index contributed by atoms with van der Waals surface area (Å²) < 4.78 is 5.97. The molecule has 1 aromatic carbocycles. The van der Waals surface area contributed by atoms with Crippen molar-refractivity contribution in [3.63, 3.8) is 0 Å². The molecule has 4 heteroatoms. The molecular formula is C17H24N2O2. The Labute approximate surface area is 126 Å². The van der Waals surface area contributed by atoms with E-state index in [1.807, 2.05) is 31.2 Å². The Bertz CT molecular complexity index is 481. The summed E-state index contributed by atoms with van der Waals surface area (Å²) in [5.74, 6) is 0.822. The van der Waals surface area contributed by atoms with Crippen molar-refractivity contribution in [1.82, 2.24) is 5.32 Å². The quantitative estimate of drug-likeness (QED) is 0.758. The number of carbonyl (C=O) groups excluding carboxylic acids is 1. The van der Waals surface area contributed by atoms with E-state index in [2.05, 4.69) is 17.2 Å². The van der Waals surface area contributed by atoms with Crippen LogP contribution in [0.5, 0.6) is 5.75 Å². The van der Waals surface area contributed by atoms with Gasteiger partial charge in [-0.1, -0.05) is 12.1 Å². The molecule has 0 heterocycles. The molecule has 0 aromatic heterocycles. The van der Waals surface area contributed by atoms with Crippen LogP contribution in [-0.2, 0) is 4.79 Å². The number of amides is 1. The first kappa shape index (κ1) is 15.4. The van der Waals surface area contributed by atoms with Crippen LogP contribution in [0.15, 0.2) is 36.9 Å². The largest absolute Gasteiger partial charge is 0.490 e. The fourth-order valence-corrected chi connectivity index (χ4v) is 2.50. The minimum atomic E-state index is -0.299. The third kappa shape index (κ3) is 4.81. The van der Waals surface area contributed by atoms with E-state index in [4.69, 9.17) is 4.74 Å². The second-order valence-corrected chi connectivity index (χ2v) is 5.45. The highest BCUT2D eigenvalue weighted by Crippen LogP contribution is 2.25. The van der Waals surface area contributed by atoms with E-state index in [0.717, 1.165) is 24.3 Å². The summed E-state index contributed by atoms with van der Waals surface area (Å²) in [6.07, 6.45) is 6.79. The molecule has 1 atom stereocenters. The van der Waals surface area contributed by atoms with Gasteiger partial charge in [0.25, 0.3) is 0 Å². The monoisotopic (exact) mass is 288 g/mol. The average Bonchev–Trinajstić information content (AvgIpc) is 2.98. The van der Waals surface area contributed by atoms with Gasteiger partial charge in [-0.3, -0.25) is 4.79 Å². The summed E-state index contributed by atoms with van der Waals surface area (Å²) in [7, 11) is 0. The van der Waals surface area contributed by atoms with Gasteiger partial charge in [0.1, 0.15) is 11.8 Å². The van der Waals surface area contributed by atoms with Crippen molar-refractivity contribution in [1.29, 1.82) is 0 Å². The van der Waals surface area contributed by atoms with E-state index in [1.165, 1.54) is 12.8 Å². The number of rotatable bonds is 7. The van der Waals surface area contributed by atoms with E-state index < -0.39 is 0 Å². The van der Waals surface area contributed by atoms with Crippen molar-refractivity contribution >= 4 is 11.6 Å². The van der Waals surface area contributed by atoms with Gasteiger partial charge in [-0.05, 0) is 44.7 Å². The molecule has 0 aliphatic heterocycles. The third-order valence-corrected chi connectivity index (χ3v) is 3.64. The van der Waals surface area contributed by atoms with E-state index in [1.54, 1.807) is 6.08 Å². The van der Waals surface area contributed by atoms with Crippen LogP contribution in [0.4, 0.5) is 5.69 Å². The van der Waals surface area contributed by atoms with E-state index in [-0.39, 0.29) is 11.9 Å². The molecule has 1 aromatic rings. The van der Waals surface area contributed by atoms with Crippen LogP contribution < -0.4 is 15.4 Å². The number of hydrogen-bond acceptors (Lipinski definition) is 3. The van der Waals surface area contributed by atoms with Gasteiger partial charge in [0.2, 0.25) is 5.91 Å². The van der Waals surface area contributed by atoms with Gasteiger partial charge in [0.15, 0.2) is 0 Å². The van der Waals surface area contributed by atoms with Crippen molar-refractivity contribution in [3.05, 3.63) is 36.9 Å². The molecule has 0 unspecified atom stereocenters. The molecule has 1 aliphatic carbocycles. The fraction of sp³-hybridized carbons (Fsp3) is 0.471. The van der Waals surface area contributed by atoms with Crippen LogP contribution in [0.1, 0.15) is 32.6 Å². The van der Waals surface area contributed by atoms with Crippen LogP contribution in [0.3, 0.4) is 0 Å². The molecular weight excluding hydrogens is 264 g/mol. The van der Waals surface area contributed by atoms with E-state index in [0.29, 0.717) is 12.6 Å². The molecule has 0 saturated heterocycles. The highest BCUT2D eigenvalue weighted by atomic mass is 16.5. The second kappa shape index (κ2) is 7.72. The summed E-state index contributed by atoms with van der Waals surface area (Å²) in [6.45, 7) is 5.90. The Balaban J connectivity index is 1.90. The maximum atomic E-state index is 11.8. The van der Waals surface area contributed by atoms with Gasteiger partial charge in [0, 0.05) is 18.3 Å². The van der Waals surface area contributed by atoms with Crippen molar-refractivity contribution in [3.8, 4) is 5.75 Å². The first-order chi connectivity index (χ1) is 10.2. The first-order valence-corrected chi connectivity index (χ1v) is 7.61. The smallest absolute Gasteiger partial charge is 0.242 e. The zero-order valence-electron chi connectivity index (χ0n) is 12.6. The number of ether oxygens (including phenoxy) is 1. The normalized spacial score (nSPS) is 16.2. The average molecular weight is 288 g/mol. The zero-order chi connectivity index (χ0) is 15.1. The molecule has 0 bridgehead atoms. The molecule has 2 N–H and O–H groups in total. The van der Waals surface area contributed by atoms with Crippen molar-refractivity contribution in [2.75, 3.05) is 11.9 Å². The molecule has 0 radical (unpaired) electrons. The first-order valence-electron chi connectivity index (χ1n) is 7.61. The van der Waals surface area contributed by atoms with E-state index in [9.17, 15) is 4.79 Å². The van der Waals surface area contributed by atoms with Gasteiger partial charge in [-0.25, -0.2) is 0 Å². The molecule has 4 nitrogen and oxygen atoms in total. The summed E-state index contributed by atoms with van der Waals surface area (Å²) in [5.41, 5.74) is 0.895. The lowest BCUT2D eigenvalue weighted by molar-refractivity contribution is -0.121. The standard InChI is InChI=1S/C17H24N2O2/c1-3-11-18-17(20)13(2)19-14-7-6-10-16(12-14)21-15-8-4-5-9-15/h3,6-7,10,12-13,15,19H,1,4-5,8-9,11H2,2H3,(H,18,20)/t13-/m0/s1. The van der Waals surface area contributed by atoms with Crippen LogP contribution in [-0.4, -0.2) is 24.6 Å². The van der Waals surface area contributed by atoms with Crippen LogP contribution in [0.25, 0.3) is 0 Å². The lowest BCUT2D eigenvalue weighted by Crippen LogP contribution is -2.37. The lowest BCUT2D eigenvalue weighted by Gasteiger charge is -2.17. The Kier molecular flexibility index (Phi) is 5.67. The minimum Gasteiger partial charge on any atom is -0.490 e. The predicted molar refractivity (Wildman–Crippen MR) is 85.6 cm³/mol. The van der Waals surface area contributed by atoms with Gasteiger partial charge in [-0.2, -0.15) is 0 Å². The molecule has 114 valence electrons. The fourth-order valence-electron chi connectivity index (χ4n) is 2.50. The van der Waals surface area contributed by atoms with E-state index >= 15 is 0 Å². The zero-order valence-corrected chi connectivity index (χ0v) is 12.6. The SMILES string of the molecule is C=CCNC(=O)[C@H](C)Nc1cccc(OC2CCCC2)c1. The van der Waals surface area contributed by atoms with Gasteiger partial charge in [-0.15, -0.1) is 6.58 Å². The van der Waals surface area contributed by atoms with Gasteiger partial charge in [0.05, 0.1) is 6.10 Å². The van der Waals surface area contributed by atoms with Crippen LogP contribution in [0.2, 0.25) is 0 Å². The Hall–Kier alpha value is -1.97. The third-order valence-electron chi connectivity index (χ3n) is 3.64. The Morgan fingerprint density at radius 3 is 2.95 bits per heavy atom. The molecule has 1 aliphatic rings. The minimum absolute atomic E-state index is 0.0444. The summed E-state index contributed by atoms with van der Waals surface area (Å²) in [6, 6.07) is 7.51. The van der Waals surface area contributed by atoms with Crippen molar-refractivity contribution < 1.29 is 9.53 Å². The summed E-state index contributed by atoms with van der Waals surface area (Å²) in [4.78, 5) is 11.8. The highest BCUT2D eigenvalue weighted by molar-refractivity contribution is 5.84. The number of benzene rings is 1. The van der Waals surface area contributed by atoms with Gasteiger partial charge < -0.3 is 15.4 Å². The topological polar surface area (TPSA) is 50.4 Å². The molecule has 1 amide bonds. The summed E-state index contributed by atoms with van der Waals surface area (Å²) in [5, 5.41) is 5.96. The lowest BCUT2D eigenvalue weighted by atomic mass is 10.2. The predicted octanol–water partition coefficient (Wildman–Crippen LogP) is 3.11. The number of hydrogen-bond donors (Lipinski definition) is 2. The maximum Gasteiger partial charge on any atom is 0.242 e. The second-order valence-electron chi connectivity index (χ2n) is 5.45. The van der Waals surface area contributed by atoms with Crippen LogP contribution in [0, 0.1) is 0 Å². The molecule has 1 fully saturated rings. The van der Waals surface area contributed by atoms with Gasteiger partial charge >= 0.3 is 0 Å². The summed E-state index contributed by atoms with van der Waals surface area (Å²) >= 11 is 0. The maximum absolute atomic E-state index is 11.8.